The molecule has 0 aliphatic carbocycles. The van der Waals surface area contributed by atoms with E-state index in [9.17, 15) is 5.11 Å². The minimum Gasteiger partial charge on any atom is -0.365 e. The smallest absolute Gasteiger partial charge is 0.174 e. The summed E-state index contributed by atoms with van der Waals surface area (Å²) in [5, 5.41) is 9.56. The molecule has 0 aliphatic rings. The maximum Gasteiger partial charge on any atom is 0.174 e. The molecule has 2 heteroatoms. The molecule has 1 aromatic rings. The summed E-state index contributed by atoms with van der Waals surface area (Å²) >= 11 is 0. The Morgan fingerprint density at radius 3 is 2.44 bits per heavy atom. The fourth-order valence-electron chi connectivity index (χ4n) is 1.15. The maximum atomic E-state index is 9.56. The molecule has 0 radical (unpaired) electrons. The van der Waals surface area contributed by atoms with Gasteiger partial charge in [0.05, 0.1) is 6.61 Å². The Morgan fingerprint density at radius 2 is 1.88 bits per heavy atom. The van der Waals surface area contributed by atoms with Crippen LogP contribution in [-0.2, 0) is 4.74 Å². The van der Waals surface area contributed by atoms with Crippen LogP contribution in [0.25, 0.3) is 6.08 Å². The predicted molar refractivity (Wildman–Crippen MR) is 66.9 cm³/mol. The monoisotopic (exact) mass is 220 g/mol. The van der Waals surface area contributed by atoms with Gasteiger partial charge in [-0.2, -0.15) is 0 Å². The molecular weight excluding hydrogens is 200 g/mol. The topological polar surface area (TPSA) is 29.5 Å². The van der Waals surface area contributed by atoms with Crippen LogP contribution in [0.1, 0.15) is 26.3 Å². The second-order valence-electron chi connectivity index (χ2n) is 5.03. The fraction of sp³-hybridized carbons (Fsp3) is 0.429. The van der Waals surface area contributed by atoms with Gasteiger partial charge in [-0.25, -0.2) is 0 Å². The molecule has 0 amide bonds. The molecule has 1 N–H and O–H groups in total. The third-order valence-electron chi connectivity index (χ3n) is 1.94. The average molecular weight is 220 g/mol. The molecule has 0 aromatic heterocycles. The van der Waals surface area contributed by atoms with Crippen LogP contribution >= 0.6 is 0 Å². The van der Waals surface area contributed by atoms with Crippen molar-refractivity contribution in [1.82, 2.24) is 0 Å². The van der Waals surface area contributed by atoms with E-state index in [0.717, 1.165) is 5.56 Å². The Morgan fingerprint density at radius 1 is 1.25 bits per heavy atom. The fourth-order valence-corrected chi connectivity index (χ4v) is 1.15. The summed E-state index contributed by atoms with van der Waals surface area (Å²) in [4.78, 5) is 0. The van der Waals surface area contributed by atoms with E-state index in [1.807, 2.05) is 36.4 Å². The second-order valence-corrected chi connectivity index (χ2v) is 5.03. The highest BCUT2D eigenvalue weighted by Crippen LogP contribution is 2.14. The first-order valence-electron chi connectivity index (χ1n) is 5.50. The molecule has 1 aromatic carbocycles. The van der Waals surface area contributed by atoms with Gasteiger partial charge in [0, 0.05) is 0 Å². The summed E-state index contributed by atoms with van der Waals surface area (Å²) in [5.74, 6) is 0. The minimum absolute atomic E-state index is 0.0710. The average Bonchev–Trinajstić information content (AvgIpc) is 2.24. The van der Waals surface area contributed by atoms with Crippen LogP contribution in [0.4, 0.5) is 0 Å². The highest BCUT2D eigenvalue weighted by atomic mass is 16.6. The predicted octanol–water partition coefficient (Wildman–Crippen LogP) is 3.08. The number of aliphatic hydroxyl groups excluding tert-OH is 1. The van der Waals surface area contributed by atoms with Crippen LogP contribution in [0.15, 0.2) is 36.4 Å². The van der Waals surface area contributed by atoms with Crippen LogP contribution in [0.5, 0.6) is 0 Å². The van der Waals surface area contributed by atoms with Crippen LogP contribution in [0, 0.1) is 5.41 Å². The summed E-state index contributed by atoms with van der Waals surface area (Å²) in [6.45, 7) is 6.75. The van der Waals surface area contributed by atoms with Gasteiger partial charge in [-0.05, 0) is 17.1 Å². The summed E-state index contributed by atoms with van der Waals surface area (Å²) in [5.41, 5.74) is 1.13. The first kappa shape index (κ1) is 12.9. The van der Waals surface area contributed by atoms with Gasteiger partial charge in [0.15, 0.2) is 6.29 Å². The molecule has 0 heterocycles. The third-order valence-corrected chi connectivity index (χ3v) is 1.94. The number of benzene rings is 1. The lowest BCUT2D eigenvalue weighted by atomic mass is 9.99. The molecule has 0 bridgehead atoms. The molecule has 0 saturated carbocycles. The van der Waals surface area contributed by atoms with Gasteiger partial charge in [0.1, 0.15) is 0 Å². The van der Waals surface area contributed by atoms with Gasteiger partial charge < -0.3 is 9.84 Å². The zero-order valence-electron chi connectivity index (χ0n) is 10.2. The molecule has 88 valence electrons. The Bertz CT molecular complexity index is 322. The summed E-state index contributed by atoms with van der Waals surface area (Å²) in [7, 11) is 0. The Balaban J connectivity index is 2.40. The van der Waals surface area contributed by atoms with E-state index < -0.39 is 6.29 Å². The van der Waals surface area contributed by atoms with Gasteiger partial charge >= 0.3 is 0 Å². The minimum atomic E-state index is -0.834. The number of ether oxygens (including phenoxy) is 1. The van der Waals surface area contributed by atoms with Crippen LogP contribution < -0.4 is 0 Å². The molecule has 0 fully saturated rings. The lowest BCUT2D eigenvalue weighted by Gasteiger charge is -2.19. The number of hydrogen-bond donors (Lipinski definition) is 1. The molecule has 1 atom stereocenters. The van der Waals surface area contributed by atoms with Crippen molar-refractivity contribution in [3.05, 3.63) is 42.0 Å². The maximum absolute atomic E-state index is 9.56. The largest absolute Gasteiger partial charge is 0.365 e. The lowest BCUT2D eigenvalue weighted by molar-refractivity contribution is -0.0865. The molecular formula is C14H20O2. The molecule has 2 nitrogen and oxygen atoms in total. The van der Waals surface area contributed by atoms with Crippen molar-refractivity contribution >= 4 is 6.08 Å². The number of aliphatic hydroxyl groups is 1. The molecule has 0 spiro atoms. The van der Waals surface area contributed by atoms with Crippen molar-refractivity contribution in [2.75, 3.05) is 6.61 Å². The van der Waals surface area contributed by atoms with E-state index in [0.29, 0.717) is 6.61 Å². The number of rotatable bonds is 4. The Kier molecular flexibility index (Phi) is 4.71. The summed E-state index contributed by atoms with van der Waals surface area (Å²) < 4.78 is 5.30. The Labute approximate surface area is 97.6 Å². The first-order valence-corrected chi connectivity index (χ1v) is 5.50. The highest BCUT2D eigenvalue weighted by molar-refractivity contribution is 5.48. The van der Waals surface area contributed by atoms with Gasteiger partial charge in [-0.15, -0.1) is 0 Å². The van der Waals surface area contributed by atoms with Gasteiger partial charge in [-0.1, -0.05) is 57.2 Å². The zero-order valence-corrected chi connectivity index (χ0v) is 10.2. The van der Waals surface area contributed by atoms with Crippen molar-refractivity contribution < 1.29 is 9.84 Å². The standard InChI is InChI=1S/C14H20O2/c1-14(2,3)11-16-13(15)10-9-12-7-5-4-6-8-12/h4-10,13,15H,11H2,1-3H3. The first-order chi connectivity index (χ1) is 7.47. The van der Waals surface area contributed by atoms with Crippen molar-refractivity contribution in [1.29, 1.82) is 0 Å². The van der Waals surface area contributed by atoms with Crippen molar-refractivity contribution in [3.8, 4) is 0 Å². The third kappa shape index (κ3) is 5.69. The Hall–Kier alpha value is -1.12. The van der Waals surface area contributed by atoms with Crippen molar-refractivity contribution in [2.45, 2.75) is 27.1 Å². The van der Waals surface area contributed by atoms with E-state index in [2.05, 4.69) is 20.8 Å². The number of hydrogen-bond acceptors (Lipinski definition) is 2. The van der Waals surface area contributed by atoms with Crippen LogP contribution in [0.3, 0.4) is 0 Å². The quantitative estimate of drug-likeness (QED) is 0.790. The molecule has 0 aliphatic heterocycles. The SMILES string of the molecule is CC(C)(C)COC(O)C=Cc1ccccc1. The van der Waals surface area contributed by atoms with Gasteiger partial charge in [0.25, 0.3) is 0 Å². The van der Waals surface area contributed by atoms with E-state index >= 15 is 0 Å². The van der Waals surface area contributed by atoms with Crippen molar-refractivity contribution in [2.24, 2.45) is 5.41 Å². The van der Waals surface area contributed by atoms with E-state index in [4.69, 9.17) is 4.74 Å². The van der Waals surface area contributed by atoms with E-state index in [-0.39, 0.29) is 5.41 Å². The highest BCUT2D eigenvalue weighted by Gasteiger charge is 2.11. The van der Waals surface area contributed by atoms with Crippen molar-refractivity contribution in [3.63, 3.8) is 0 Å². The summed E-state index contributed by atoms with van der Waals surface area (Å²) in [6, 6.07) is 9.84. The van der Waals surface area contributed by atoms with Gasteiger partial charge in [-0.3, -0.25) is 0 Å². The summed E-state index contributed by atoms with van der Waals surface area (Å²) in [6.07, 6.45) is 2.67. The lowest BCUT2D eigenvalue weighted by Crippen LogP contribution is -2.19. The van der Waals surface area contributed by atoms with E-state index in [1.54, 1.807) is 6.08 Å². The van der Waals surface area contributed by atoms with E-state index in [1.165, 1.54) is 0 Å². The second kappa shape index (κ2) is 5.83. The molecule has 16 heavy (non-hydrogen) atoms. The molecule has 1 rings (SSSR count). The zero-order chi connectivity index (χ0) is 12.0. The van der Waals surface area contributed by atoms with Crippen LogP contribution in [0.2, 0.25) is 0 Å². The van der Waals surface area contributed by atoms with Gasteiger partial charge in [0.2, 0.25) is 0 Å². The molecule has 1 unspecified atom stereocenters. The normalized spacial score (nSPS) is 14.2. The molecule has 0 saturated heterocycles. The van der Waals surface area contributed by atoms with Crippen LogP contribution in [-0.4, -0.2) is 18.0 Å².